The summed E-state index contributed by atoms with van der Waals surface area (Å²) in [5.41, 5.74) is 3.49. The van der Waals surface area contributed by atoms with Crippen molar-refractivity contribution >= 4 is 33.9 Å². The average Bonchev–Trinajstić information content (AvgIpc) is 3.46. The van der Waals surface area contributed by atoms with E-state index < -0.39 is 5.82 Å². The first-order valence-electron chi connectivity index (χ1n) is 9.67. The van der Waals surface area contributed by atoms with Crippen LogP contribution in [-0.2, 0) is 0 Å². The molecule has 0 aliphatic rings. The molecule has 32 heavy (non-hydrogen) atoms. The number of thiazole rings is 1. The van der Waals surface area contributed by atoms with Crippen molar-refractivity contribution in [2.24, 2.45) is 0 Å². The lowest BCUT2D eigenvalue weighted by Crippen LogP contribution is -2.11. The fraction of sp³-hybridized carbons (Fsp3) is 0.0417. The Bertz CT molecular complexity index is 1430. The lowest BCUT2D eigenvalue weighted by atomic mass is 10.1. The number of fused-ring (bicyclic) bond motifs is 1. The summed E-state index contributed by atoms with van der Waals surface area (Å²) < 4.78 is 24.0. The number of anilines is 1. The number of benzene rings is 3. The fourth-order valence-electron chi connectivity index (χ4n) is 3.28. The van der Waals surface area contributed by atoms with Crippen molar-refractivity contribution in [3.63, 3.8) is 0 Å². The molecule has 3 aromatic carbocycles. The second-order valence-corrected chi connectivity index (χ2v) is 7.83. The predicted molar refractivity (Wildman–Crippen MR) is 121 cm³/mol. The number of carbonyl (C=O) groups excluding carboxylic acids is 1. The molecule has 158 valence electrons. The van der Waals surface area contributed by atoms with Gasteiger partial charge in [0.05, 0.1) is 12.5 Å². The quantitative estimate of drug-likeness (QED) is 0.358. The van der Waals surface area contributed by atoms with Gasteiger partial charge < -0.3 is 14.6 Å². The molecular weight excluding hydrogens is 429 g/mol. The number of amides is 1. The van der Waals surface area contributed by atoms with Crippen molar-refractivity contribution < 1.29 is 18.4 Å². The van der Waals surface area contributed by atoms with Gasteiger partial charge in [0, 0.05) is 22.2 Å². The number of methoxy groups -OCH3 is 1. The van der Waals surface area contributed by atoms with E-state index in [4.69, 9.17) is 14.2 Å². The number of nitrogens with zero attached hydrogens (tertiary/aromatic N) is 2. The Hall–Kier alpha value is -4.04. The summed E-state index contributed by atoms with van der Waals surface area (Å²) in [5, 5.41) is 10.3. The zero-order valence-electron chi connectivity index (χ0n) is 16.8. The molecule has 0 aliphatic carbocycles. The molecule has 1 N–H and O–H groups in total. The molecule has 0 radical (unpaired) electrons. The van der Waals surface area contributed by atoms with Crippen molar-refractivity contribution in [3.05, 3.63) is 83.5 Å². The molecule has 0 saturated heterocycles. The normalized spacial score (nSPS) is 10.9. The minimum atomic E-state index is -0.421. The molecule has 0 aliphatic heterocycles. The van der Waals surface area contributed by atoms with Gasteiger partial charge in [-0.3, -0.25) is 4.79 Å². The van der Waals surface area contributed by atoms with Gasteiger partial charge in [-0.1, -0.05) is 11.2 Å². The minimum Gasteiger partial charge on any atom is -0.497 e. The van der Waals surface area contributed by atoms with Gasteiger partial charge in [0.2, 0.25) is 0 Å². The number of rotatable bonds is 5. The van der Waals surface area contributed by atoms with Crippen LogP contribution in [0.1, 0.15) is 10.4 Å². The number of aromatic nitrogens is 2. The lowest BCUT2D eigenvalue weighted by Gasteiger charge is -2.05. The maximum absolute atomic E-state index is 13.4. The molecule has 2 aromatic heterocycles. The lowest BCUT2D eigenvalue weighted by molar-refractivity contribution is 0.102. The maximum atomic E-state index is 13.4. The van der Waals surface area contributed by atoms with Gasteiger partial charge in [0.1, 0.15) is 28.0 Å². The van der Waals surface area contributed by atoms with Crippen LogP contribution in [0, 0.1) is 5.82 Å². The van der Waals surface area contributed by atoms with E-state index in [2.05, 4.69) is 10.5 Å². The maximum Gasteiger partial charge on any atom is 0.255 e. The molecule has 5 aromatic rings. The second-order valence-electron chi connectivity index (χ2n) is 6.97. The molecule has 0 fully saturated rings. The van der Waals surface area contributed by atoms with E-state index in [-0.39, 0.29) is 5.91 Å². The third-order valence-corrected chi connectivity index (χ3v) is 5.79. The summed E-state index contributed by atoms with van der Waals surface area (Å²) in [6.45, 7) is 0. The van der Waals surface area contributed by atoms with Gasteiger partial charge in [-0.05, 0) is 60.7 Å². The van der Waals surface area contributed by atoms with Gasteiger partial charge in [-0.15, -0.1) is 11.3 Å². The molecule has 8 heteroatoms. The van der Waals surface area contributed by atoms with E-state index in [0.717, 1.165) is 16.3 Å². The van der Waals surface area contributed by atoms with E-state index in [0.29, 0.717) is 33.6 Å². The molecule has 5 rings (SSSR count). The Kier molecular flexibility index (Phi) is 5.12. The van der Waals surface area contributed by atoms with E-state index in [9.17, 15) is 9.18 Å². The zero-order valence-corrected chi connectivity index (χ0v) is 17.7. The molecule has 0 saturated carbocycles. The second kappa shape index (κ2) is 8.24. The Morgan fingerprint density at radius 2 is 1.94 bits per heavy atom. The van der Waals surface area contributed by atoms with Crippen LogP contribution in [0.2, 0.25) is 0 Å². The van der Waals surface area contributed by atoms with Gasteiger partial charge in [-0.2, -0.15) is 0 Å². The van der Waals surface area contributed by atoms with Crippen LogP contribution in [0.4, 0.5) is 10.1 Å². The Balaban J connectivity index is 1.45. The van der Waals surface area contributed by atoms with Crippen LogP contribution in [0.5, 0.6) is 5.75 Å². The molecular formula is C24H16FN3O3S. The Labute approximate surface area is 186 Å². The van der Waals surface area contributed by atoms with Crippen LogP contribution >= 0.6 is 11.3 Å². The van der Waals surface area contributed by atoms with E-state index in [1.54, 1.807) is 31.4 Å². The molecule has 0 unspecified atom stereocenters. The first kappa shape index (κ1) is 19.9. The highest BCUT2D eigenvalue weighted by Crippen LogP contribution is 2.33. The number of nitrogens with one attached hydrogen (secondary N) is 1. The highest BCUT2D eigenvalue weighted by atomic mass is 32.1. The van der Waals surface area contributed by atoms with Crippen LogP contribution in [-0.4, -0.2) is 23.2 Å². The highest BCUT2D eigenvalue weighted by molar-refractivity contribution is 7.13. The van der Waals surface area contributed by atoms with Crippen LogP contribution in [0.3, 0.4) is 0 Å². The molecule has 6 nitrogen and oxygen atoms in total. The van der Waals surface area contributed by atoms with Crippen molar-refractivity contribution in [1.82, 2.24) is 10.1 Å². The highest BCUT2D eigenvalue weighted by Gasteiger charge is 2.17. The van der Waals surface area contributed by atoms with Crippen LogP contribution < -0.4 is 10.1 Å². The summed E-state index contributed by atoms with van der Waals surface area (Å²) >= 11 is 1.49. The fourth-order valence-corrected chi connectivity index (χ4v) is 4.09. The molecule has 0 atom stereocenters. The topological polar surface area (TPSA) is 77.2 Å². The summed E-state index contributed by atoms with van der Waals surface area (Å²) in [4.78, 5) is 17.4. The molecule has 0 bridgehead atoms. The van der Waals surface area contributed by atoms with Crippen LogP contribution in [0.25, 0.3) is 32.9 Å². The number of halogens is 1. The van der Waals surface area contributed by atoms with Crippen molar-refractivity contribution in [2.45, 2.75) is 0 Å². The summed E-state index contributed by atoms with van der Waals surface area (Å²) in [7, 11) is 1.62. The van der Waals surface area contributed by atoms with Gasteiger partial charge in [-0.25, -0.2) is 9.37 Å². The summed E-state index contributed by atoms with van der Waals surface area (Å²) in [6.07, 6.45) is 0. The van der Waals surface area contributed by atoms with Crippen molar-refractivity contribution in [2.75, 3.05) is 12.4 Å². The number of ether oxygens (including phenoxy) is 1. The number of carbonyl (C=O) groups is 1. The molecule has 2 heterocycles. The third-order valence-electron chi connectivity index (χ3n) is 4.90. The molecule has 0 spiro atoms. The summed E-state index contributed by atoms with van der Waals surface area (Å²) in [5.74, 6) is -0.00492. The largest absolute Gasteiger partial charge is 0.497 e. The Morgan fingerprint density at radius 1 is 1.09 bits per heavy atom. The Morgan fingerprint density at radius 3 is 2.72 bits per heavy atom. The first-order valence-corrected chi connectivity index (χ1v) is 10.6. The first-order chi connectivity index (χ1) is 15.6. The summed E-state index contributed by atoms with van der Waals surface area (Å²) in [6, 6.07) is 18.4. The van der Waals surface area contributed by atoms with Gasteiger partial charge in [0.15, 0.2) is 5.58 Å². The molecule has 1 amide bonds. The standard InChI is InChI=1S/C24H16FN3O3S/c1-30-18-8-5-14(6-9-18)24-27-20(13-32-24)22-19-11-15(7-10-21(19)31-28-22)23(29)26-17-4-2-3-16(25)12-17/h2-13H,1H3,(H,26,29). The smallest absolute Gasteiger partial charge is 0.255 e. The minimum absolute atomic E-state index is 0.359. The van der Waals surface area contributed by atoms with Crippen molar-refractivity contribution in [3.8, 4) is 27.7 Å². The number of hydrogen-bond donors (Lipinski definition) is 1. The zero-order chi connectivity index (χ0) is 22.1. The SMILES string of the molecule is COc1ccc(-c2nc(-c3noc4ccc(C(=O)Nc5cccc(F)c5)cc34)cs2)cc1. The average molecular weight is 445 g/mol. The van der Waals surface area contributed by atoms with E-state index in [1.165, 1.54) is 29.5 Å². The third kappa shape index (κ3) is 3.83. The van der Waals surface area contributed by atoms with Crippen molar-refractivity contribution in [1.29, 1.82) is 0 Å². The number of hydrogen-bond acceptors (Lipinski definition) is 6. The monoisotopic (exact) mass is 445 g/mol. The van der Waals surface area contributed by atoms with E-state index >= 15 is 0 Å². The van der Waals surface area contributed by atoms with E-state index in [1.807, 2.05) is 29.6 Å². The van der Waals surface area contributed by atoms with Crippen LogP contribution in [0.15, 0.2) is 76.6 Å². The van der Waals surface area contributed by atoms with Gasteiger partial charge >= 0.3 is 0 Å². The predicted octanol–water partition coefficient (Wildman–Crippen LogP) is 6.02. The van der Waals surface area contributed by atoms with Gasteiger partial charge in [0.25, 0.3) is 5.91 Å².